The van der Waals surface area contributed by atoms with Gasteiger partial charge < -0.3 is 48.8 Å². The highest BCUT2D eigenvalue weighted by Crippen LogP contribution is 2.62. The Morgan fingerprint density at radius 3 is 2.43 bits per heavy atom. The van der Waals surface area contributed by atoms with E-state index in [-0.39, 0.29) is 57.2 Å². The Morgan fingerprint density at radius 1 is 0.955 bits per heavy atom. The van der Waals surface area contributed by atoms with E-state index in [1.165, 1.54) is 0 Å². The van der Waals surface area contributed by atoms with E-state index in [1.54, 1.807) is 17.0 Å². The van der Waals surface area contributed by atoms with Crippen molar-refractivity contribution in [1.82, 2.24) is 10.2 Å². The molecule has 3 aromatic carbocycles. The molecule has 3 aromatic rings. The first-order chi connectivity index (χ1) is 32.9. The highest BCUT2D eigenvalue weighted by molar-refractivity contribution is 6.03. The number of nitrogens with zero attached hydrogens (tertiary/aromatic N) is 2. The van der Waals surface area contributed by atoms with Crippen molar-refractivity contribution in [2.45, 2.75) is 115 Å². The molecule has 1 unspecified atom stereocenters. The van der Waals surface area contributed by atoms with Crippen LogP contribution >= 0.6 is 0 Å². The number of ether oxygens (including phenoxy) is 6. The molecule has 4 aliphatic rings. The molecule has 1 saturated carbocycles. The summed E-state index contributed by atoms with van der Waals surface area (Å²) in [5, 5.41) is 27.8. The molecule has 3 N–H and O–H groups in total. The highest BCUT2D eigenvalue weighted by Gasteiger charge is 2.65. The Bertz CT molecular complexity index is 2100. The van der Waals surface area contributed by atoms with Crippen LogP contribution in [-0.2, 0) is 36.9 Å². The minimum Gasteiger partial charge on any atom is -0.459 e. The molecule has 14 heteroatoms. The summed E-state index contributed by atoms with van der Waals surface area (Å²) in [5.41, 5.74) is 4.35. The van der Waals surface area contributed by atoms with Crippen molar-refractivity contribution in [3.8, 4) is 11.5 Å². The largest absolute Gasteiger partial charge is 0.459 e. The van der Waals surface area contributed by atoms with Gasteiger partial charge in [-0.25, -0.2) is 9.59 Å². The first kappa shape index (κ1) is 49.6. The van der Waals surface area contributed by atoms with Crippen LogP contribution in [-0.4, -0.2) is 97.3 Å². The zero-order valence-corrected chi connectivity index (χ0v) is 38.9. The number of fused-ring (bicyclic) bond motifs is 2. The highest BCUT2D eigenvalue weighted by atomic mass is 16.8. The van der Waals surface area contributed by atoms with Crippen molar-refractivity contribution in [3.05, 3.63) is 120 Å². The van der Waals surface area contributed by atoms with Crippen molar-refractivity contribution in [1.29, 1.82) is 0 Å². The molecule has 1 saturated heterocycles. The van der Waals surface area contributed by atoms with E-state index in [0.717, 1.165) is 60.8 Å². The fourth-order valence-corrected chi connectivity index (χ4v) is 10.2. The summed E-state index contributed by atoms with van der Waals surface area (Å²) < 4.78 is 38.3. The van der Waals surface area contributed by atoms with Gasteiger partial charge in [-0.3, -0.25) is 4.90 Å². The molecule has 2 aliphatic heterocycles. The third kappa shape index (κ3) is 12.6. The standard InChI is InChI=1S/C53H69N3O11/c1-3-26-56(52(60)63-32-31-61-37-39-19-9-6-10-20-39)47-35-45(55-67-48-23-13-16-30-62-48)43-33-40(21-11-14-27-57)42(22-12-15-28-58)49-44-34-41(65-51(59)54-36-38-17-7-5-8-18-38)24-25-46(44)66-53(47,50(43)49)64-29-4-2/h4-10,17-20,24-25,33-34,40,42,47-50,57-58H,2-3,11-16,21-23,26-32,35-37H2,1H3,(H,54,59)/t40-,42+,47-,48?,49+,50+,53+/m0/s1. The maximum Gasteiger partial charge on any atom is 0.412 e. The van der Waals surface area contributed by atoms with Gasteiger partial charge in [0.15, 0.2) is 0 Å². The van der Waals surface area contributed by atoms with Gasteiger partial charge in [0.2, 0.25) is 12.1 Å². The predicted octanol–water partition coefficient (Wildman–Crippen LogP) is 9.20. The number of aliphatic hydroxyl groups excluding tert-OH is 2. The van der Waals surface area contributed by atoms with Crippen LogP contribution in [0, 0.1) is 17.8 Å². The summed E-state index contributed by atoms with van der Waals surface area (Å²) in [6, 6.07) is 24.1. The summed E-state index contributed by atoms with van der Waals surface area (Å²) in [6.45, 7) is 8.14. The van der Waals surface area contributed by atoms with Crippen molar-refractivity contribution >= 4 is 17.9 Å². The van der Waals surface area contributed by atoms with Crippen LogP contribution in [0.1, 0.15) is 100 Å². The molecule has 2 heterocycles. The van der Waals surface area contributed by atoms with E-state index in [2.05, 4.69) is 18.0 Å². The lowest BCUT2D eigenvalue weighted by Crippen LogP contribution is -2.70. The lowest BCUT2D eigenvalue weighted by atomic mass is 9.55. The molecular formula is C53H69N3O11. The molecule has 2 amide bonds. The summed E-state index contributed by atoms with van der Waals surface area (Å²) >= 11 is 0. The Hall–Kier alpha value is -5.25. The van der Waals surface area contributed by atoms with Crippen LogP contribution in [0.25, 0.3) is 0 Å². The minimum atomic E-state index is -1.48. The average Bonchev–Trinajstić information content (AvgIpc) is 3.35. The number of benzene rings is 3. The maximum atomic E-state index is 14.6. The van der Waals surface area contributed by atoms with Crippen LogP contribution in [0.2, 0.25) is 0 Å². The van der Waals surface area contributed by atoms with Crippen molar-refractivity contribution in [2.75, 3.05) is 46.2 Å². The smallest absolute Gasteiger partial charge is 0.412 e. The lowest BCUT2D eigenvalue weighted by Gasteiger charge is -2.59. The van der Waals surface area contributed by atoms with Crippen molar-refractivity contribution in [2.24, 2.45) is 22.9 Å². The van der Waals surface area contributed by atoms with Crippen molar-refractivity contribution in [3.63, 3.8) is 0 Å². The Labute approximate surface area is 395 Å². The van der Waals surface area contributed by atoms with Crippen LogP contribution in [0.4, 0.5) is 9.59 Å². The van der Waals surface area contributed by atoms with E-state index >= 15 is 0 Å². The molecule has 0 radical (unpaired) electrons. The molecule has 7 rings (SSSR count). The number of hydrogen-bond acceptors (Lipinski definition) is 12. The number of rotatable bonds is 24. The summed E-state index contributed by atoms with van der Waals surface area (Å²) in [5.74, 6) is -1.45. The van der Waals surface area contributed by atoms with Gasteiger partial charge in [0.05, 0.1) is 38.1 Å². The molecule has 67 heavy (non-hydrogen) atoms. The minimum absolute atomic E-state index is 0.0172. The van der Waals surface area contributed by atoms with Crippen LogP contribution in [0.5, 0.6) is 11.5 Å². The molecule has 14 nitrogen and oxygen atoms in total. The zero-order valence-electron chi connectivity index (χ0n) is 38.9. The van der Waals surface area contributed by atoms with E-state index in [4.69, 9.17) is 38.4 Å². The third-order valence-electron chi connectivity index (χ3n) is 13.2. The number of aliphatic hydroxyl groups is 2. The van der Waals surface area contributed by atoms with E-state index in [9.17, 15) is 19.8 Å². The van der Waals surface area contributed by atoms with Crippen LogP contribution < -0.4 is 14.8 Å². The summed E-state index contributed by atoms with van der Waals surface area (Å²) in [6.07, 6.45) is 10.1. The van der Waals surface area contributed by atoms with Crippen LogP contribution in [0.15, 0.2) is 108 Å². The maximum absolute atomic E-state index is 14.6. The first-order valence-corrected chi connectivity index (χ1v) is 24.3. The normalized spacial score (nSPS) is 24.6. The van der Waals surface area contributed by atoms with Gasteiger partial charge in [-0.2, -0.15) is 0 Å². The molecule has 0 spiro atoms. The lowest BCUT2D eigenvalue weighted by molar-refractivity contribution is -0.255. The molecule has 2 aliphatic carbocycles. The summed E-state index contributed by atoms with van der Waals surface area (Å²) in [4.78, 5) is 35.9. The van der Waals surface area contributed by atoms with E-state index in [1.807, 2.05) is 79.7 Å². The van der Waals surface area contributed by atoms with Gasteiger partial charge in [-0.1, -0.05) is 97.7 Å². The number of amides is 2. The van der Waals surface area contributed by atoms with Crippen LogP contribution in [0.3, 0.4) is 0 Å². The number of allylic oxidation sites excluding steroid dienone is 1. The van der Waals surface area contributed by atoms with Gasteiger partial charge in [0.1, 0.15) is 24.1 Å². The van der Waals surface area contributed by atoms with Gasteiger partial charge in [0, 0.05) is 50.6 Å². The third-order valence-corrected chi connectivity index (χ3v) is 13.2. The van der Waals surface area contributed by atoms with Gasteiger partial charge in [-0.15, -0.1) is 6.58 Å². The average molecular weight is 924 g/mol. The molecule has 0 bridgehead atoms. The Kier molecular flexibility index (Phi) is 18.7. The molecular weight excluding hydrogens is 855 g/mol. The second-order valence-electron chi connectivity index (χ2n) is 17.7. The van der Waals surface area contributed by atoms with E-state index < -0.39 is 36.2 Å². The number of nitrogens with one attached hydrogen (secondary N) is 1. The second-order valence-corrected chi connectivity index (χ2v) is 17.7. The second kappa shape index (κ2) is 25.2. The Morgan fingerprint density at radius 2 is 1.72 bits per heavy atom. The first-order valence-electron chi connectivity index (χ1n) is 24.3. The summed E-state index contributed by atoms with van der Waals surface area (Å²) in [7, 11) is 0. The quantitative estimate of drug-likeness (QED) is 0.0445. The number of unbranched alkanes of at least 4 members (excludes halogenated alkanes) is 2. The number of carbonyl (C=O) groups excluding carboxylic acids is 2. The van der Waals surface area contributed by atoms with Gasteiger partial charge in [0.25, 0.3) is 0 Å². The number of carbonyl (C=O) groups is 2. The molecule has 362 valence electrons. The molecule has 0 aromatic heterocycles. The topological polar surface area (TPSA) is 167 Å². The van der Waals surface area contributed by atoms with E-state index in [0.29, 0.717) is 69.2 Å². The predicted molar refractivity (Wildman–Crippen MR) is 253 cm³/mol. The van der Waals surface area contributed by atoms with Crippen molar-refractivity contribution < 1.29 is 53.1 Å². The zero-order chi connectivity index (χ0) is 46.9. The van der Waals surface area contributed by atoms with Gasteiger partial charge in [-0.05, 0) is 91.7 Å². The SMILES string of the molecule is C=CCO[C@@]12Oc3ccc(OC(=O)NCc4ccccc4)cc3[C@H]3[C@H](CCCCO)[C@@H](CCCCO)C=C(C(=NOC4CCCCO4)C[C@@H]1N(CCC)C(=O)OCCOCc1ccccc1)[C@H]32. The number of oxime groups is 1. The molecule has 2 fully saturated rings. The monoisotopic (exact) mass is 923 g/mol. The Balaban J connectivity index is 1.31. The van der Waals surface area contributed by atoms with Gasteiger partial charge >= 0.3 is 12.2 Å². The fraction of sp³-hybridized carbons (Fsp3) is 0.528. The number of hydrogen-bond donors (Lipinski definition) is 3. The fourth-order valence-electron chi connectivity index (χ4n) is 10.2. The molecule has 7 atom stereocenters.